The highest BCUT2D eigenvalue weighted by molar-refractivity contribution is 5.97. The van der Waals surface area contributed by atoms with Crippen LogP contribution >= 0.6 is 0 Å². The van der Waals surface area contributed by atoms with E-state index in [4.69, 9.17) is 4.74 Å². The Balaban J connectivity index is 1.57. The van der Waals surface area contributed by atoms with Crippen molar-refractivity contribution < 1.29 is 14.3 Å². The first kappa shape index (κ1) is 18.7. The van der Waals surface area contributed by atoms with Gasteiger partial charge in [0.25, 0.3) is 5.91 Å². The average molecular weight is 360 g/mol. The molecule has 0 bridgehead atoms. The fraction of sp³-hybridized carbons (Fsp3) is 0.579. The predicted molar refractivity (Wildman–Crippen MR) is 101 cm³/mol. The van der Waals surface area contributed by atoms with E-state index >= 15 is 0 Å². The molecule has 142 valence electrons. The van der Waals surface area contributed by atoms with Gasteiger partial charge in [0.1, 0.15) is 0 Å². The number of ether oxygens (including phenoxy) is 1. The maximum absolute atomic E-state index is 12.5. The van der Waals surface area contributed by atoms with Crippen LogP contribution < -0.4 is 15.5 Å². The van der Waals surface area contributed by atoms with Crippen LogP contribution in [0.4, 0.5) is 10.5 Å². The van der Waals surface area contributed by atoms with Crippen LogP contribution in [0.15, 0.2) is 24.3 Å². The summed E-state index contributed by atoms with van der Waals surface area (Å²) in [7, 11) is 0. The van der Waals surface area contributed by atoms with E-state index in [9.17, 15) is 9.59 Å². The Labute approximate surface area is 154 Å². The Morgan fingerprint density at radius 3 is 2.46 bits per heavy atom. The van der Waals surface area contributed by atoms with Crippen LogP contribution in [-0.4, -0.2) is 68.8 Å². The lowest BCUT2D eigenvalue weighted by molar-refractivity contribution is 0.00673. The molecule has 7 nitrogen and oxygen atoms in total. The van der Waals surface area contributed by atoms with Gasteiger partial charge in [-0.3, -0.25) is 14.6 Å². The Bertz CT molecular complexity index is 626. The number of hydrogen-bond donors (Lipinski definition) is 2. The zero-order valence-corrected chi connectivity index (χ0v) is 15.5. The monoisotopic (exact) mass is 360 g/mol. The molecule has 0 radical (unpaired) electrons. The van der Waals surface area contributed by atoms with Gasteiger partial charge in [-0.2, -0.15) is 0 Å². The van der Waals surface area contributed by atoms with Crippen LogP contribution in [0.1, 0.15) is 24.2 Å². The minimum absolute atomic E-state index is 0.0821. The van der Waals surface area contributed by atoms with E-state index in [1.807, 2.05) is 12.1 Å². The lowest BCUT2D eigenvalue weighted by Gasteiger charge is -2.36. The number of benzene rings is 1. The number of morpholine rings is 1. The van der Waals surface area contributed by atoms with Crippen molar-refractivity contribution in [1.29, 1.82) is 0 Å². The molecule has 2 fully saturated rings. The van der Waals surface area contributed by atoms with Crippen molar-refractivity contribution in [2.45, 2.75) is 19.9 Å². The van der Waals surface area contributed by atoms with E-state index in [2.05, 4.69) is 29.4 Å². The molecule has 1 aromatic carbocycles. The first-order chi connectivity index (χ1) is 12.6. The lowest BCUT2D eigenvalue weighted by Crippen LogP contribution is -2.51. The van der Waals surface area contributed by atoms with Crippen LogP contribution in [0, 0.1) is 5.92 Å². The summed E-state index contributed by atoms with van der Waals surface area (Å²) in [5, 5.41) is 5.84. The van der Waals surface area contributed by atoms with Crippen molar-refractivity contribution in [3.63, 3.8) is 0 Å². The summed E-state index contributed by atoms with van der Waals surface area (Å²) >= 11 is 0. The van der Waals surface area contributed by atoms with Crippen molar-refractivity contribution in [2.75, 3.05) is 50.8 Å². The topological polar surface area (TPSA) is 73.9 Å². The zero-order valence-electron chi connectivity index (χ0n) is 15.5. The molecule has 1 aromatic rings. The largest absolute Gasteiger partial charge is 0.379 e. The molecule has 3 amide bonds. The molecular weight excluding hydrogens is 332 g/mol. The van der Waals surface area contributed by atoms with Crippen molar-refractivity contribution in [1.82, 2.24) is 15.5 Å². The van der Waals surface area contributed by atoms with E-state index in [-0.39, 0.29) is 11.9 Å². The molecule has 3 rings (SSSR count). The number of carbonyl (C=O) groups is 2. The molecule has 2 saturated heterocycles. The SMILES string of the molecule is CC(C)C(CNC(=O)c1ccc(N2CCNC2=O)cc1)N1CCOCC1. The van der Waals surface area contributed by atoms with Crippen LogP contribution in [-0.2, 0) is 4.74 Å². The summed E-state index contributed by atoms with van der Waals surface area (Å²) in [6, 6.07) is 7.40. The van der Waals surface area contributed by atoms with Crippen molar-refractivity contribution >= 4 is 17.6 Å². The highest BCUT2D eigenvalue weighted by Gasteiger charge is 2.25. The second-order valence-electron chi connectivity index (χ2n) is 7.10. The number of anilines is 1. The second kappa shape index (κ2) is 8.51. The number of amides is 3. The van der Waals surface area contributed by atoms with E-state index in [1.54, 1.807) is 17.0 Å². The molecule has 7 heteroatoms. The first-order valence-corrected chi connectivity index (χ1v) is 9.31. The van der Waals surface area contributed by atoms with Gasteiger partial charge in [0.05, 0.1) is 13.2 Å². The number of hydrogen-bond acceptors (Lipinski definition) is 4. The van der Waals surface area contributed by atoms with Gasteiger partial charge in [-0.05, 0) is 30.2 Å². The van der Waals surface area contributed by atoms with Gasteiger partial charge in [0.15, 0.2) is 0 Å². The Kier molecular flexibility index (Phi) is 6.11. The van der Waals surface area contributed by atoms with Crippen molar-refractivity contribution in [2.24, 2.45) is 5.92 Å². The van der Waals surface area contributed by atoms with E-state index in [0.29, 0.717) is 37.2 Å². The third-order valence-corrected chi connectivity index (χ3v) is 5.05. The summed E-state index contributed by atoms with van der Waals surface area (Å²) in [5.74, 6) is 0.366. The maximum Gasteiger partial charge on any atom is 0.321 e. The van der Waals surface area contributed by atoms with Gasteiger partial charge in [-0.1, -0.05) is 13.8 Å². The minimum atomic E-state index is -0.0903. The highest BCUT2D eigenvalue weighted by atomic mass is 16.5. The number of nitrogens with zero attached hydrogens (tertiary/aromatic N) is 2. The fourth-order valence-electron chi connectivity index (χ4n) is 3.51. The zero-order chi connectivity index (χ0) is 18.5. The number of urea groups is 1. The second-order valence-corrected chi connectivity index (χ2v) is 7.10. The fourth-order valence-corrected chi connectivity index (χ4v) is 3.51. The van der Waals surface area contributed by atoms with Gasteiger partial charge < -0.3 is 15.4 Å². The number of nitrogens with one attached hydrogen (secondary N) is 2. The van der Waals surface area contributed by atoms with Crippen molar-refractivity contribution in [3.05, 3.63) is 29.8 Å². The Hall–Kier alpha value is -2.12. The van der Waals surface area contributed by atoms with Gasteiger partial charge in [-0.15, -0.1) is 0 Å². The Morgan fingerprint density at radius 2 is 1.88 bits per heavy atom. The predicted octanol–water partition coefficient (Wildman–Crippen LogP) is 1.30. The molecular formula is C19H28N4O3. The molecule has 1 unspecified atom stereocenters. The summed E-state index contributed by atoms with van der Waals surface area (Å²) < 4.78 is 5.42. The van der Waals surface area contributed by atoms with Gasteiger partial charge in [0, 0.05) is 50.0 Å². The normalized spacial score (nSPS) is 19.5. The van der Waals surface area contributed by atoms with E-state index in [0.717, 1.165) is 32.0 Å². The quantitative estimate of drug-likeness (QED) is 0.802. The molecule has 2 aliphatic heterocycles. The standard InChI is InChI=1S/C19H28N4O3/c1-14(2)17(22-9-11-26-12-10-22)13-21-18(24)15-3-5-16(6-4-15)23-8-7-20-19(23)25/h3-6,14,17H,7-13H2,1-2H3,(H,20,25)(H,21,24). The van der Waals surface area contributed by atoms with Crippen LogP contribution in [0.3, 0.4) is 0 Å². The summed E-state index contributed by atoms with van der Waals surface area (Å²) in [4.78, 5) is 28.3. The third-order valence-electron chi connectivity index (χ3n) is 5.05. The third kappa shape index (κ3) is 4.34. The van der Waals surface area contributed by atoms with Gasteiger partial charge in [0.2, 0.25) is 0 Å². The maximum atomic E-state index is 12.5. The Morgan fingerprint density at radius 1 is 1.19 bits per heavy atom. The van der Waals surface area contributed by atoms with Crippen LogP contribution in [0.5, 0.6) is 0 Å². The highest BCUT2D eigenvalue weighted by Crippen LogP contribution is 2.17. The average Bonchev–Trinajstić information content (AvgIpc) is 3.08. The molecule has 2 heterocycles. The van der Waals surface area contributed by atoms with Gasteiger partial charge >= 0.3 is 6.03 Å². The molecule has 2 aliphatic rings. The molecule has 0 spiro atoms. The number of rotatable bonds is 6. The summed E-state index contributed by atoms with van der Waals surface area (Å²) in [5.41, 5.74) is 1.42. The number of carbonyl (C=O) groups excluding carboxylic acids is 2. The van der Waals surface area contributed by atoms with E-state index < -0.39 is 0 Å². The first-order valence-electron chi connectivity index (χ1n) is 9.31. The van der Waals surface area contributed by atoms with Crippen LogP contribution in [0.25, 0.3) is 0 Å². The molecule has 0 aliphatic carbocycles. The van der Waals surface area contributed by atoms with Gasteiger partial charge in [-0.25, -0.2) is 4.79 Å². The van der Waals surface area contributed by atoms with E-state index in [1.165, 1.54) is 0 Å². The molecule has 2 N–H and O–H groups in total. The molecule has 26 heavy (non-hydrogen) atoms. The smallest absolute Gasteiger partial charge is 0.321 e. The lowest BCUT2D eigenvalue weighted by atomic mass is 10.0. The minimum Gasteiger partial charge on any atom is -0.379 e. The molecule has 1 atom stereocenters. The molecule has 0 aromatic heterocycles. The molecule has 0 saturated carbocycles. The van der Waals surface area contributed by atoms with Crippen LogP contribution in [0.2, 0.25) is 0 Å². The van der Waals surface area contributed by atoms with Crippen molar-refractivity contribution in [3.8, 4) is 0 Å². The summed E-state index contributed by atoms with van der Waals surface area (Å²) in [6.45, 7) is 9.61. The summed E-state index contributed by atoms with van der Waals surface area (Å²) in [6.07, 6.45) is 0.